The van der Waals surface area contributed by atoms with Gasteiger partial charge in [0, 0.05) is 38.1 Å². The Balaban J connectivity index is 1.64. The highest BCUT2D eigenvalue weighted by Gasteiger charge is 2.31. The number of nitrogens with zero attached hydrogens (tertiary/aromatic N) is 3. The Bertz CT molecular complexity index is 782. The number of piperidine rings is 1. The fourth-order valence-corrected chi connectivity index (χ4v) is 4.64. The van der Waals surface area contributed by atoms with Crippen molar-refractivity contribution < 1.29 is 14.4 Å². The first-order valence-corrected chi connectivity index (χ1v) is 11.5. The Kier molecular flexibility index (Phi) is 8.40. The molecule has 2 aliphatic rings. The van der Waals surface area contributed by atoms with E-state index in [2.05, 4.69) is 22.1 Å². The molecule has 8 nitrogen and oxygen atoms in total. The molecule has 170 valence electrons. The molecule has 0 bridgehead atoms. The van der Waals surface area contributed by atoms with Gasteiger partial charge in [0.15, 0.2) is 0 Å². The molecule has 0 saturated carbocycles. The van der Waals surface area contributed by atoms with Crippen LogP contribution in [-0.2, 0) is 4.79 Å². The maximum atomic E-state index is 13.3. The zero-order chi connectivity index (χ0) is 22.2. The highest BCUT2D eigenvalue weighted by Crippen LogP contribution is 2.21. The maximum absolute atomic E-state index is 13.3. The van der Waals surface area contributed by atoms with Gasteiger partial charge in [-0.2, -0.15) is 0 Å². The number of rotatable bonds is 6. The molecule has 0 radical (unpaired) electrons. The van der Waals surface area contributed by atoms with Crippen molar-refractivity contribution >= 4 is 17.7 Å². The van der Waals surface area contributed by atoms with Crippen molar-refractivity contribution in [2.45, 2.75) is 57.9 Å². The van der Waals surface area contributed by atoms with Crippen molar-refractivity contribution in [3.05, 3.63) is 29.6 Å². The fourth-order valence-electron chi connectivity index (χ4n) is 4.64. The van der Waals surface area contributed by atoms with Crippen molar-refractivity contribution in [3.63, 3.8) is 0 Å². The molecule has 1 aromatic heterocycles. The third-order valence-electron chi connectivity index (χ3n) is 6.25. The summed E-state index contributed by atoms with van der Waals surface area (Å²) in [7, 11) is 0. The summed E-state index contributed by atoms with van der Waals surface area (Å²) in [5, 5.41) is 3.05. The summed E-state index contributed by atoms with van der Waals surface area (Å²) in [5.74, 6) is -0.637. The van der Waals surface area contributed by atoms with Crippen LogP contribution in [0.2, 0.25) is 0 Å². The number of primary amides is 1. The third kappa shape index (κ3) is 6.50. The highest BCUT2D eigenvalue weighted by atomic mass is 16.2. The predicted molar refractivity (Wildman–Crippen MR) is 119 cm³/mol. The van der Waals surface area contributed by atoms with Crippen molar-refractivity contribution in [1.82, 2.24) is 20.1 Å². The first kappa shape index (κ1) is 23.2. The van der Waals surface area contributed by atoms with E-state index in [4.69, 9.17) is 5.73 Å². The van der Waals surface area contributed by atoms with E-state index in [1.54, 1.807) is 0 Å². The van der Waals surface area contributed by atoms with Crippen LogP contribution in [0, 0.1) is 5.92 Å². The molecule has 1 aromatic rings. The van der Waals surface area contributed by atoms with Gasteiger partial charge < -0.3 is 20.9 Å². The first-order chi connectivity index (χ1) is 15.0. The molecule has 0 aliphatic carbocycles. The van der Waals surface area contributed by atoms with Gasteiger partial charge >= 0.3 is 0 Å². The van der Waals surface area contributed by atoms with E-state index in [0.29, 0.717) is 12.1 Å². The number of nitrogens with two attached hydrogens (primary N) is 1. The standard InChI is InChI=1S/C23H35N5O3/c1-2-9-27-10-6-7-17(15-27)23(31)28-11-5-3-4-8-20(16-28)26-22(30)19-12-18(21(24)29)13-25-14-19/h12-14,17,20H,2-11,15-16H2,1H3,(H2,24,29)(H,26,30). The molecule has 3 amide bonds. The summed E-state index contributed by atoms with van der Waals surface area (Å²) >= 11 is 0. The second-order valence-corrected chi connectivity index (χ2v) is 8.77. The molecule has 2 atom stereocenters. The van der Waals surface area contributed by atoms with Crippen LogP contribution in [0.4, 0.5) is 0 Å². The van der Waals surface area contributed by atoms with Crippen LogP contribution in [-0.4, -0.2) is 71.3 Å². The van der Waals surface area contributed by atoms with Gasteiger partial charge in [0.25, 0.3) is 5.91 Å². The molecular weight excluding hydrogens is 394 g/mol. The summed E-state index contributed by atoms with van der Waals surface area (Å²) < 4.78 is 0. The number of aromatic nitrogens is 1. The van der Waals surface area contributed by atoms with E-state index < -0.39 is 5.91 Å². The van der Waals surface area contributed by atoms with Crippen molar-refractivity contribution in [3.8, 4) is 0 Å². The maximum Gasteiger partial charge on any atom is 0.253 e. The second-order valence-electron chi connectivity index (χ2n) is 8.77. The first-order valence-electron chi connectivity index (χ1n) is 11.5. The molecule has 3 rings (SSSR count). The molecule has 2 fully saturated rings. The van der Waals surface area contributed by atoms with Gasteiger partial charge in [-0.25, -0.2) is 0 Å². The zero-order valence-corrected chi connectivity index (χ0v) is 18.5. The second kappa shape index (κ2) is 11.2. The predicted octanol–water partition coefficient (Wildman–Crippen LogP) is 1.80. The number of nitrogens with one attached hydrogen (secondary N) is 1. The van der Waals surface area contributed by atoms with Crippen LogP contribution in [0.15, 0.2) is 18.5 Å². The Labute approximate surface area is 184 Å². The summed E-state index contributed by atoms with van der Waals surface area (Å²) in [5.41, 5.74) is 5.81. The molecule has 2 aliphatic heterocycles. The SMILES string of the molecule is CCCN1CCCC(C(=O)N2CCCCCC(NC(=O)c3cncc(C(N)=O)c3)C2)C1. The fraction of sp³-hybridized carbons (Fsp3) is 0.652. The lowest BCUT2D eigenvalue weighted by molar-refractivity contribution is -0.138. The van der Waals surface area contributed by atoms with Crippen molar-refractivity contribution in [2.24, 2.45) is 11.7 Å². The number of carbonyl (C=O) groups excluding carboxylic acids is 3. The Morgan fingerprint density at radius 3 is 2.65 bits per heavy atom. The van der Waals surface area contributed by atoms with Crippen LogP contribution in [0.5, 0.6) is 0 Å². The van der Waals surface area contributed by atoms with Gasteiger partial charge in [-0.3, -0.25) is 19.4 Å². The lowest BCUT2D eigenvalue weighted by atomic mass is 9.95. The van der Waals surface area contributed by atoms with Crippen LogP contribution >= 0.6 is 0 Å². The van der Waals surface area contributed by atoms with Crippen LogP contribution in [0.3, 0.4) is 0 Å². The number of amides is 3. The Morgan fingerprint density at radius 1 is 1.06 bits per heavy atom. The number of hydrogen-bond donors (Lipinski definition) is 2. The van der Waals surface area contributed by atoms with Gasteiger partial charge in [0.05, 0.1) is 17.0 Å². The molecule has 3 heterocycles. The summed E-state index contributed by atoms with van der Waals surface area (Å²) in [6.45, 7) is 6.40. The van der Waals surface area contributed by atoms with Crippen molar-refractivity contribution in [1.29, 1.82) is 0 Å². The van der Waals surface area contributed by atoms with Crippen LogP contribution in [0.1, 0.15) is 72.6 Å². The summed E-state index contributed by atoms with van der Waals surface area (Å²) in [6.07, 6.45) is 9.77. The van der Waals surface area contributed by atoms with E-state index in [-0.39, 0.29) is 29.3 Å². The topological polar surface area (TPSA) is 109 Å². The summed E-state index contributed by atoms with van der Waals surface area (Å²) in [6, 6.07) is 1.34. The smallest absolute Gasteiger partial charge is 0.253 e. The Hall–Kier alpha value is -2.48. The monoisotopic (exact) mass is 429 g/mol. The average Bonchev–Trinajstić information content (AvgIpc) is 2.75. The summed E-state index contributed by atoms with van der Waals surface area (Å²) in [4.78, 5) is 45.8. The average molecular weight is 430 g/mol. The highest BCUT2D eigenvalue weighted by molar-refractivity contribution is 5.98. The number of likely N-dealkylation sites (tertiary alicyclic amines) is 2. The Morgan fingerprint density at radius 2 is 1.87 bits per heavy atom. The van der Waals surface area contributed by atoms with E-state index in [9.17, 15) is 14.4 Å². The lowest BCUT2D eigenvalue weighted by Crippen LogP contribution is -2.51. The van der Waals surface area contributed by atoms with E-state index in [0.717, 1.165) is 71.1 Å². The number of hydrogen-bond acceptors (Lipinski definition) is 5. The van der Waals surface area contributed by atoms with Crippen LogP contribution < -0.4 is 11.1 Å². The quantitative estimate of drug-likeness (QED) is 0.717. The molecular formula is C23H35N5O3. The largest absolute Gasteiger partial charge is 0.366 e. The lowest BCUT2D eigenvalue weighted by Gasteiger charge is -2.37. The normalized spacial score (nSPS) is 22.9. The molecule has 8 heteroatoms. The minimum atomic E-state index is -0.616. The van der Waals surface area contributed by atoms with Crippen molar-refractivity contribution in [2.75, 3.05) is 32.7 Å². The molecule has 0 spiro atoms. The zero-order valence-electron chi connectivity index (χ0n) is 18.5. The minimum absolute atomic E-state index is 0.0486. The minimum Gasteiger partial charge on any atom is -0.366 e. The number of carbonyl (C=O) groups is 3. The van der Waals surface area contributed by atoms with E-state index >= 15 is 0 Å². The van der Waals surface area contributed by atoms with Gasteiger partial charge in [0.2, 0.25) is 11.8 Å². The van der Waals surface area contributed by atoms with Gasteiger partial charge in [-0.1, -0.05) is 19.8 Å². The van der Waals surface area contributed by atoms with Gasteiger partial charge in [-0.15, -0.1) is 0 Å². The molecule has 2 saturated heterocycles. The molecule has 3 N–H and O–H groups in total. The molecule has 0 aromatic carbocycles. The van der Waals surface area contributed by atoms with E-state index in [1.807, 2.05) is 4.90 Å². The third-order valence-corrected chi connectivity index (χ3v) is 6.25. The van der Waals surface area contributed by atoms with Crippen LogP contribution in [0.25, 0.3) is 0 Å². The van der Waals surface area contributed by atoms with Gasteiger partial charge in [0.1, 0.15) is 0 Å². The molecule has 31 heavy (non-hydrogen) atoms. The molecule has 2 unspecified atom stereocenters. The number of pyridine rings is 1. The van der Waals surface area contributed by atoms with Gasteiger partial charge in [-0.05, 0) is 51.3 Å². The van der Waals surface area contributed by atoms with E-state index in [1.165, 1.54) is 18.5 Å².